The Morgan fingerprint density at radius 3 is 2.47 bits per heavy atom. The van der Waals surface area contributed by atoms with Gasteiger partial charge in [-0.3, -0.25) is 19.3 Å². The van der Waals surface area contributed by atoms with Crippen LogP contribution >= 0.6 is 0 Å². The maximum atomic E-state index is 12.8. The molecule has 1 amide bonds. The van der Waals surface area contributed by atoms with E-state index in [1.807, 2.05) is 70.4 Å². The van der Waals surface area contributed by atoms with Crippen LogP contribution in [-0.2, 0) is 6.54 Å². The molecule has 0 radical (unpaired) electrons. The molecule has 1 aromatic heterocycles. The molecule has 0 unspecified atom stereocenters. The zero-order valence-electron chi connectivity index (χ0n) is 17.2. The lowest BCUT2D eigenvalue weighted by atomic mass is 10.1. The average molecular weight is 401 g/mol. The third-order valence-corrected chi connectivity index (χ3v) is 5.27. The number of carbonyl (C=O) groups excluding carboxylic acids is 1. The molecule has 152 valence electrons. The Balaban J connectivity index is 1.36. The summed E-state index contributed by atoms with van der Waals surface area (Å²) in [5.74, 6) is 2.87. The van der Waals surface area contributed by atoms with E-state index in [4.69, 9.17) is 14.8 Å². The van der Waals surface area contributed by atoms with Gasteiger partial charge in [0.2, 0.25) is 5.96 Å². The van der Waals surface area contributed by atoms with Crippen LogP contribution < -0.4 is 9.64 Å². The molecule has 7 heteroatoms. The number of carbonyl (C=O) groups is 1. The van der Waals surface area contributed by atoms with Gasteiger partial charge in [0.25, 0.3) is 5.91 Å². The Labute approximate surface area is 175 Å². The number of hydrogen-bond acceptors (Lipinski definition) is 5. The number of guanidine groups is 1. The number of rotatable bonds is 4. The van der Waals surface area contributed by atoms with Crippen LogP contribution in [0.1, 0.15) is 29.8 Å². The molecule has 3 heterocycles. The van der Waals surface area contributed by atoms with Gasteiger partial charge >= 0.3 is 0 Å². The van der Waals surface area contributed by atoms with Gasteiger partial charge in [0.1, 0.15) is 17.1 Å². The highest BCUT2D eigenvalue weighted by atomic mass is 16.5. The van der Waals surface area contributed by atoms with Crippen LogP contribution in [0.25, 0.3) is 0 Å². The molecule has 30 heavy (non-hydrogen) atoms. The summed E-state index contributed by atoms with van der Waals surface area (Å²) in [5, 5.41) is 4.71. The molecule has 3 aromatic rings. The molecule has 0 aliphatic carbocycles. The Hall–Kier alpha value is -3.61. The largest absolute Gasteiger partial charge is 0.457 e. The van der Waals surface area contributed by atoms with E-state index in [2.05, 4.69) is 13.8 Å². The molecule has 0 saturated carbocycles. The monoisotopic (exact) mass is 401 g/mol. The fourth-order valence-electron chi connectivity index (χ4n) is 3.84. The zero-order valence-corrected chi connectivity index (χ0v) is 17.2. The minimum absolute atomic E-state index is 0.0736. The topological polar surface area (TPSA) is 63.0 Å². The number of aliphatic imine (C=N–C) groups is 1. The minimum Gasteiger partial charge on any atom is -0.457 e. The summed E-state index contributed by atoms with van der Waals surface area (Å²) in [5.41, 5.74) is 1.44. The summed E-state index contributed by atoms with van der Waals surface area (Å²) in [6.07, 6.45) is 1.82. The first-order valence-corrected chi connectivity index (χ1v) is 9.94. The summed E-state index contributed by atoms with van der Waals surface area (Å²) >= 11 is 0. The fraction of sp³-hybridized carbons (Fsp3) is 0.261. The number of hydrogen-bond donors (Lipinski definition) is 0. The fourth-order valence-corrected chi connectivity index (χ4v) is 3.84. The van der Waals surface area contributed by atoms with E-state index in [9.17, 15) is 4.79 Å². The van der Waals surface area contributed by atoms with Gasteiger partial charge in [-0.2, -0.15) is 5.10 Å². The van der Waals surface area contributed by atoms with Gasteiger partial charge in [0.05, 0.1) is 18.6 Å². The highest BCUT2D eigenvalue weighted by molar-refractivity contribution is 6.18. The molecule has 0 N–H and O–H groups in total. The molecule has 0 atom stereocenters. The van der Waals surface area contributed by atoms with Crippen molar-refractivity contribution in [1.82, 2.24) is 14.7 Å². The summed E-state index contributed by atoms with van der Waals surface area (Å²) in [6.45, 7) is 5.40. The molecule has 2 aromatic carbocycles. The molecule has 0 fully saturated rings. The Morgan fingerprint density at radius 1 is 1.03 bits per heavy atom. The second-order valence-corrected chi connectivity index (χ2v) is 8.30. The van der Waals surface area contributed by atoms with Gasteiger partial charge in [-0.15, -0.1) is 0 Å². The molecule has 0 saturated heterocycles. The number of benzene rings is 2. The lowest BCUT2D eigenvalue weighted by molar-refractivity contribution is 0.0865. The summed E-state index contributed by atoms with van der Waals surface area (Å²) in [6, 6.07) is 17.6. The first-order valence-electron chi connectivity index (χ1n) is 9.94. The lowest BCUT2D eigenvalue weighted by Crippen LogP contribution is -2.48. The van der Waals surface area contributed by atoms with Crippen LogP contribution in [0, 0.1) is 0 Å². The number of aromatic nitrogens is 2. The highest BCUT2D eigenvalue weighted by Crippen LogP contribution is 2.33. The Kier molecular flexibility index (Phi) is 4.13. The Bertz CT molecular complexity index is 1130. The number of amides is 1. The minimum atomic E-state index is -0.246. The van der Waals surface area contributed by atoms with E-state index in [1.54, 1.807) is 11.9 Å². The Morgan fingerprint density at radius 2 is 1.73 bits per heavy atom. The average Bonchev–Trinajstić information content (AvgIpc) is 3.29. The van der Waals surface area contributed by atoms with Crippen molar-refractivity contribution in [1.29, 1.82) is 0 Å². The molecule has 0 spiro atoms. The van der Waals surface area contributed by atoms with Crippen LogP contribution in [0.5, 0.6) is 11.5 Å². The molecular formula is C23H23N5O2. The first kappa shape index (κ1) is 18.4. The number of anilines is 1. The van der Waals surface area contributed by atoms with Crippen LogP contribution in [0.3, 0.4) is 0 Å². The predicted molar refractivity (Wildman–Crippen MR) is 115 cm³/mol. The van der Waals surface area contributed by atoms with Gasteiger partial charge in [-0.25, -0.2) is 4.99 Å². The summed E-state index contributed by atoms with van der Waals surface area (Å²) < 4.78 is 7.67. The lowest BCUT2D eigenvalue weighted by Gasteiger charge is -2.30. The van der Waals surface area contributed by atoms with Crippen molar-refractivity contribution in [3.8, 4) is 11.5 Å². The van der Waals surface area contributed by atoms with Crippen LogP contribution in [-0.4, -0.2) is 45.7 Å². The van der Waals surface area contributed by atoms with Gasteiger partial charge in [-0.1, -0.05) is 30.3 Å². The van der Waals surface area contributed by atoms with Gasteiger partial charge in [0, 0.05) is 13.2 Å². The highest BCUT2D eigenvalue weighted by Gasteiger charge is 2.43. The number of nitrogens with zero attached hydrogens (tertiary/aromatic N) is 5. The van der Waals surface area contributed by atoms with E-state index in [1.165, 1.54) is 0 Å². The van der Waals surface area contributed by atoms with Crippen LogP contribution in [0.15, 0.2) is 65.8 Å². The van der Waals surface area contributed by atoms with Crippen molar-refractivity contribution < 1.29 is 9.53 Å². The van der Waals surface area contributed by atoms with E-state index >= 15 is 0 Å². The van der Waals surface area contributed by atoms with Crippen molar-refractivity contribution in [3.05, 3.63) is 71.9 Å². The van der Waals surface area contributed by atoms with Crippen molar-refractivity contribution in [2.45, 2.75) is 25.9 Å². The third-order valence-electron chi connectivity index (χ3n) is 5.27. The van der Waals surface area contributed by atoms with Crippen molar-refractivity contribution in [2.75, 3.05) is 18.5 Å². The zero-order chi connectivity index (χ0) is 20.9. The normalized spacial score (nSPS) is 16.9. The maximum Gasteiger partial charge on any atom is 0.265 e. The van der Waals surface area contributed by atoms with Gasteiger partial charge in [-0.05, 0) is 43.7 Å². The summed E-state index contributed by atoms with van der Waals surface area (Å²) in [4.78, 5) is 21.1. The van der Waals surface area contributed by atoms with Crippen molar-refractivity contribution in [3.63, 3.8) is 0 Å². The van der Waals surface area contributed by atoms with E-state index < -0.39 is 0 Å². The second kappa shape index (κ2) is 6.73. The molecular weight excluding hydrogens is 378 g/mol. The van der Waals surface area contributed by atoms with Crippen LogP contribution in [0.2, 0.25) is 0 Å². The van der Waals surface area contributed by atoms with Gasteiger partial charge in [0.15, 0.2) is 5.82 Å². The predicted octanol–water partition coefficient (Wildman–Crippen LogP) is 3.76. The van der Waals surface area contributed by atoms with Crippen molar-refractivity contribution in [2.24, 2.45) is 4.99 Å². The third kappa shape index (κ3) is 3.22. The summed E-state index contributed by atoms with van der Waals surface area (Å²) in [7, 11) is 1.77. The maximum absolute atomic E-state index is 12.8. The van der Waals surface area contributed by atoms with E-state index in [0.717, 1.165) is 17.1 Å². The molecule has 0 bridgehead atoms. The number of fused-ring (bicyclic) bond motifs is 3. The smallest absolute Gasteiger partial charge is 0.265 e. The SMILES string of the molecule is CN1C(=O)c2cn(Cc3ccc(Oc4ccccc4)cc3)nc2N2CC(C)(C)N=C12. The molecule has 2 aliphatic rings. The van der Waals surface area contributed by atoms with Crippen molar-refractivity contribution >= 4 is 17.7 Å². The van der Waals surface area contributed by atoms with Crippen LogP contribution in [0.4, 0.5) is 5.82 Å². The molecule has 2 aliphatic heterocycles. The molecule has 5 rings (SSSR count). The molecule has 7 nitrogen and oxygen atoms in total. The number of para-hydroxylation sites is 1. The second-order valence-electron chi connectivity index (χ2n) is 8.30. The standard InChI is InChI=1S/C23H23N5O2/c1-23(2)15-28-20-19(21(29)26(3)22(28)24-23)14-27(25-20)13-16-9-11-18(12-10-16)30-17-7-5-4-6-8-17/h4-12,14H,13,15H2,1-3H3. The number of ether oxygens (including phenoxy) is 1. The van der Waals surface area contributed by atoms with Gasteiger partial charge < -0.3 is 4.74 Å². The van der Waals surface area contributed by atoms with E-state index in [0.29, 0.717) is 30.4 Å². The first-order chi connectivity index (χ1) is 14.4. The van der Waals surface area contributed by atoms with E-state index in [-0.39, 0.29) is 11.4 Å². The quantitative estimate of drug-likeness (QED) is 0.668.